The van der Waals surface area contributed by atoms with Crippen LogP contribution in [0, 0.1) is 6.92 Å². The van der Waals surface area contributed by atoms with Gasteiger partial charge >= 0.3 is 6.03 Å². The Kier molecular flexibility index (Phi) is 4.87. The molecule has 0 radical (unpaired) electrons. The summed E-state index contributed by atoms with van der Waals surface area (Å²) in [7, 11) is 0. The number of amides is 2. The molecule has 3 heterocycles. The average Bonchev–Trinajstić information content (AvgIpc) is 3.38. The van der Waals surface area contributed by atoms with Crippen molar-refractivity contribution in [2.45, 2.75) is 20.4 Å². The highest BCUT2D eigenvalue weighted by atomic mass is 32.1. The molecule has 0 aliphatic heterocycles. The predicted molar refractivity (Wildman–Crippen MR) is 109 cm³/mol. The minimum absolute atomic E-state index is 0.215. The number of aryl methyl sites for hydroxylation is 1. The summed E-state index contributed by atoms with van der Waals surface area (Å²) in [6.45, 7) is 4.73. The third-order valence-electron chi connectivity index (χ3n) is 3.95. The number of nitrogens with one attached hydrogen (secondary N) is 3. The molecular weight excluding hydrogens is 380 g/mol. The van der Waals surface area contributed by atoms with E-state index in [0.717, 1.165) is 37.9 Å². The zero-order valence-corrected chi connectivity index (χ0v) is 16.5. The Morgan fingerprint density at radius 3 is 2.89 bits per heavy atom. The molecule has 27 heavy (non-hydrogen) atoms. The number of rotatable bonds is 5. The maximum Gasteiger partial charge on any atom is 0.315 e. The van der Waals surface area contributed by atoms with Crippen molar-refractivity contribution in [3.05, 3.63) is 40.6 Å². The van der Waals surface area contributed by atoms with Crippen molar-refractivity contribution < 1.29 is 4.79 Å². The first-order chi connectivity index (χ1) is 13.1. The lowest BCUT2D eigenvalue weighted by Gasteiger charge is -2.03. The van der Waals surface area contributed by atoms with Crippen LogP contribution in [0.3, 0.4) is 0 Å². The highest BCUT2D eigenvalue weighted by molar-refractivity contribution is 7.16. The standard InChI is InChI=1S/C18H18N6OS2/c1-3-19-18(25)20-7-14-23-15(16(24-14)17-22-10(2)8-26-17)11-4-5-12-13(6-11)27-9-21-12/h4-6,8-9H,3,7H2,1-2H3,(H,23,24)(H2,19,20,25). The van der Waals surface area contributed by atoms with E-state index >= 15 is 0 Å². The van der Waals surface area contributed by atoms with Gasteiger partial charge in [0.05, 0.1) is 28.0 Å². The van der Waals surface area contributed by atoms with Gasteiger partial charge in [0.1, 0.15) is 16.5 Å². The number of benzene rings is 1. The molecular formula is C18H18N6OS2. The van der Waals surface area contributed by atoms with Crippen molar-refractivity contribution in [2.24, 2.45) is 0 Å². The fraction of sp³-hybridized carbons (Fsp3) is 0.222. The zero-order chi connectivity index (χ0) is 18.8. The molecule has 4 rings (SSSR count). The van der Waals surface area contributed by atoms with Crippen LogP contribution in [0.2, 0.25) is 0 Å². The predicted octanol–water partition coefficient (Wildman–Crippen LogP) is 3.94. The van der Waals surface area contributed by atoms with E-state index in [-0.39, 0.29) is 6.03 Å². The smallest absolute Gasteiger partial charge is 0.315 e. The fourth-order valence-electron chi connectivity index (χ4n) is 2.73. The van der Waals surface area contributed by atoms with Crippen molar-refractivity contribution in [3.8, 4) is 22.0 Å². The van der Waals surface area contributed by atoms with Crippen LogP contribution in [-0.4, -0.2) is 32.5 Å². The number of carbonyl (C=O) groups is 1. The average molecular weight is 399 g/mol. The lowest BCUT2D eigenvalue weighted by atomic mass is 10.1. The van der Waals surface area contributed by atoms with Crippen LogP contribution in [0.4, 0.5) is 4.79 Å². The molecule has 0 unspecified atom stereocenters. The number of carbonyl (C=O) groups excluding carboxylic acids is 1. The Morgan fingerprint density at radius 2 is 2.11 bits per heavy atom. The van der Waals surface area contributed by atoms with Gasteiger partial charge in [0, 0.05) is 23.2 Å². The van der Waals surface area contributed by atoms with Gasteiger partial charge in [-0.3, -0.25) is 0 Å². The van der Waals surface area contributed by atoms with Gasteiger partial charge in [0.15, 0.2) is 0 Å². The monoisotopic (exact) mass is 398 g/mol. The molecule has 0 saturated heterocycles. The second-order valence-corrected chi connectivity index (χ2v) is 7.69. The summed E-state index contributed by atoms with van der Waals surface area (Å²) >= 11 is 3.16. The highest BCUT2D eigenvalue weighted by Crippen LogP contribution is 2.34. The van der Waals surface area contributed by atoms with E-state index in [9.17, 15) is 4.79 Å². The molecule has 0 bridgehead atoms. The quantitative estimate of drug-likeness (QED) is 0.474. The minimum Gasteiger partial charge on any atom is -0.340 e. The van der Waals surface area contributed by atoms with Crippen molar-refractivity contribution in [3.63, 3.8) is 0 Å². The van der Waals surface area contributed by atoms with Crippen LogP contribution in [0.5, 0.6) is 0 Å². The number of H-pyrrole nitrogens is 1. The molecule has 0 aliphatic rings. The summed E-state index contributed by atoms with van der Waals surface area (Å²) in [6.07, 6.45) is 0. The molecule has 2 amide bonds. The minimum atomic E-state index is -0.215. The lowest BCUT2D eigenvalue weighted by Crippen LogP contribution is -2.34. The second-order valence-electron chi connectivity index (χ2n) is 5.95. The van der Waals surface area contributed by atoms with Crippen LogP contribution >= 0.6 is 22.7 Å². The Balaban J connectivity index is 1.72. The largest absolute Gasteiger partial charge is 0.340 e. The summed E-state index contributed by atoms with van der Waals surface area (Å²) in [4.78, 5) is 28.7. The Hall–Kier alpha value is -2.78. The summed E-state index contributed by atoms with van der Waals surface area (Å²) < 4.78 is 1.12. The summed E-state index contributed by atoms with van der Waals surface area (Å²) in [5.41, 5.74) is 6.49. The van der Waals surface area contributed by atoms with Crippen molar-refractivity contribution >= 4 is 38.9 Å². The van der Waals surface area contributed by atoms with Gasteiger partial charge in [-0.25, -0.2) is 19.7 Å². The Bertz CT molecular complexity index is 1100. The third kappa shape index (κ3) is 3.69. The van der Waals surface area contributed by atoms with Gasteiger partial charge in [0.25, 0.3) is 0 Å². The maximum absolute atomic E-state index is 11.7. The van der Waals surface area contributed by atoms with Crippen LogP contribution < -0.4 is 10.6 Å². The molecule has 3 N–H and O–H groups in total. The van der Waals surface area contributed by atoms with E-state index in [1.807, 2.05) is 36.9 Å². The molecule has 0 spiro atoms. The van der Waals surface area contributed by atoms with Crippen molar-refractivity contribution in [1.82, 2.24) is 30.6 Å². The molecule has 0 saturated carbocycles. The summed E-state index contributed by atoms with van der Waals surface area (Å²) in [5, 5.41) is 8.38. The van der Waals surface area contributed by atoms with E-state index in [4.69, 9.17) is 4.98 Å². The molecule has 0 fully saturated rings. The SMILES string of the molecule is CCNC(=O)NCc1nc(-c2nc(C)cs2)c(-c2ccc3ncsc3c2)[nH]1. The molecule has 9 heteroatoms. The number of aromatic amines is 1. The lowest BCUT2D eigenvalue weighted by molar-refractivity contribution is 0.241. The van der Waals surface area contributed by atoms with Gasteiger partial charge in [-0.05, 0) is 26.0 Å². The highest BCUT2D eigenvalue weighted by Gasteiger charge is 2.17. The molecule has 138 valence electrons. The van der Waals surface area contributed by atoms with E-state index in [2.05, 4.69) is 31.7 Å². The molecule has 1 aromatic carbocycles. The normalized spacial score (nSPS) is 11.0. The second kappa shape index (κ2) is 7.45. The number of fused-ring (bicyclic) bond motifs is 1. The van der Waals surface area contributed by atoms with Crippen LogP contribution in [-0.2, 0) is 6.54 Å². The van der Waals surface area contributed by atoms with E-state index in [0.29, 0.717) is 18.9 Å². The first-order valence-corrected chi connectivity index (χ1v) is 10.3. The molecule has 0 atom stereocenters. The fourth-order valence-corrected chi connectivity index (χ4v) is 4.24. The first-order valence-electron chi connectivity index (χ1n) is 8.50. The van der Waals surface area contributed by atoms with Crippen LogP contribution in [0.1, 0.15) is 18.4 Å². The number of aromatic nitrogens is 4. The van der Waals surface area contributed by atoms with Crippen molar-refractivity contribution in [2.75, 3.05) is 6.54 Å². The Labute approximate surface area is 163 Å². The summed E-state index contributed by atoms with van der Waals surface area (Å²) in [6, 6.07) is 5.92. The van der Waals surface area contributed by atoms with Crippen LogP contribution in [0.25, 0.3) is 32.2 Å². The topological polar surface area (TPSA) is 95.6 Å². The molecule has 4 aromatic rings. The van der Waals surface area contributed by atoms with Gasteiger partial charge in [-0.15, -0.1) is 22.7 Å². The number of urea groups is 1. The van der Waals surface area contributed by atoms with Gasteiger partial charge in [-0.2, -0.15) is 0 Å². The first kappa shape index (κ1) is 17.6. The van der Waals surface area contributed by atoms with E-state index < -0.39 is 0 Å². The van der Waals surface area contributed by atoms with Crippen molar-refractivity contribution in [1.29, 1.82) is 0 Å². The van der Waals surface area contributed by atoms with Gasteiger partial charge < -0.3 is 15.6 Å². The van der Waals surface area contributed by atoms with Gasteiger partial charge in [0.2, 0.25) is 0 Å². The number of hydrogen-bond donors (Lipinski definition) is 3. The number of nitrogens with zero attached hydrogens (tertiary/aromatic N) is 3. The summed E-state index contributed by atoms with van der Waals surface area (Å²) in [5.74, 6) is 0.684. The number of thiazole rings is 2. The molecule has 7 nitrogen and oxygen atoms in total. The van der Waals surface area contributed by atoms with E-state index in [1.165, 1.54) is 0 Å². The van der Waals surface area contributed by atoms with Crippen LogP contribution in [0.15, 0.2) is 29.1 Å². The number of imidazole rings is 1. The molecule has 0 aliphatic carbocycles. The zero-order valence-electron chi connectivity index (χ0n) is 14.9. The Morgan fingerprint density at radius 1 is 1.22 bits per heavy atom. The number of hydrogen-bond acceptors (Lipinski definition) is 6. The van der Waals surface area contributed by atoms with Gasteiger partial charge in [-0.1, -0.05) is 6.07 Å². The molecule has 3 aromatic heterocycles. The maximum atomic E-state index is 11.7. The third-order valence-corrected chi connectivity index (χ3v) is 5.71. The van der Waals surface area contributed by atoms with E-state index in [1.54, 1.807) is 22.7 Å².